The Bertz CT molecular complexity index is 1910. The molecule has 3 aromatic heterocycles. The van der Waals surface area contributed by atoms with Gasteiger partial charge in [0.05, 0.1) is 40.4 Å². The number of aromatic nitrogens is 2. The van der Waals surface area contributed by atoms with E-state index in [4.69, 9.17) is 9.72 Å². The van der Waals surface area contributed by atoms with E-state index >= 15 is 0 Å². The molecule has 0 radical (unpaired) electrons. The number of aromatic hydroxyl groups is 1. The second-order valence-corrected chi connectivity index (χ2v) is 12.3. The SMILES string of the molecule is CCOC(=O)c1c(CCc2ccc(F)cc2)nc2c3n(c(O)c2c1-c1cc(C(=O)NC2CCc4ccccc42)cs1)CCC3. The standard InChI is InChI=1S/C35H32FN3O4S/c1-2-43-35(42)29-26(15-11-20-9-13-23(36)14-10-20)37-32-27-8-5-17-39(27)34(41)31(32)30(29)28-18-22(19-44-28)33(40)38-25-16-12-21-6-3-4-7-24(21)25/h3-4,6-7,9-10,13-14,18-19,25,41H,2,5,8,11-12,15-17H2,1H3,(H,38,40). The van der Waals surface area contributed by atoms with Crippen molar-refractivity contribution >= 4 is 34.1 Å². The van der Waals surface area contributed by atoms with Crippen LogP contribution in [0.3, 0.4) is 0 Å². The number of thiophene rings is 1. The molecule has 2 aliphatic rings. The molecule has 2 N–H and O–H groups in total. The zero-order valence-electron chi connectivity index (χ0n) is 24.4. The predicted molar refractivity (Wildman–Crippen MR) is 168 cm³/mol. The summed E-state index contributed by atoms with van der Waals surface area (Å²) in [5.74, 6) is -0.944. The van der Waals surface area contributed by atoms with Gasteiger partial charge >= 0.3 is 5.97 Å². The molecule has 1 amide bonds. The van der Waals surface area contributed by atoms with Gasteiger partial charge in [0.15, 0.2) is 0 Å². The molecule has 0 saturated carbocycles. The van der Waals surface area contributed by atoms with Crippen LogP contribution in [0.25, 0.3) is 21.3 Å². The van der Waals surface area contributed by atoms with Gasteiger partial charge in [-0.15, -0.1) is 11.3 Å². The van der Waals surface area contributed by atoms with Crippen LogP contribution in [0.5, 0.6) is 5.88 Å². The van der Waals surface area contributed by atoms with Crippen LogP contribution in [0.2, 0.25) is 0 Å². The van der Waals surface area contributed by atoms with E-state index in [2.05, 4.69) is 17.4 Å². The van der Waals surface area contributed by atoms with E-state index in [1.807, 2.05) is 16.7 Å². The van der Waals surface area contributed by atoms with Crippen molar-refractivity contribution in [2.24, 2.45) is 0 Å². The summed E-state index contributed by atoms with van der Waals surface area (Å²) >= 11 is 1.35. The Morgan fingerprint density at radius 2 is 1.95 bits per heavy atom. The van der Waals surface area contributed by atoms with Gasteiger partial charge in [0.1, 0.15) is 5.82 Å². The predicted octanol–water partition coefficient (Wildman–Crippen LogP) is 6.93. The lowest BCUT2D eigenvalue weighted by Gasteiger charge is -2.15. The molecular weight excluding hydrogens is 577 g/mol. The van der Waals surface area contributed by atoms with Crippen LogP contribution in [0, 0.1) is 5.82 Å². The Labute approximate surface area is 258 Å². The summed E-state index contributed by atoms with van der Waals surface area (Å²) in [5, 5.41) is 17.0. The van der Waals surface area contributed by atoms with Gasteiger partial charge in [-0.1, -0.05) is 36.4 Å². The summed E-state index contributed by atoms with van der Waals surface area (Å²) in [6.45, 7) is 2.59. The Hall–Kier alpha value is -4.50. The maximum Gasteiger partial charge on any atom is 0.340 e. The molecule has 7 nitrogen and oxygen atoms in total. The van der Waals surface area contributed by atoms with Crippen LogP contribution in [-0.4, -0.2) is 33.1 Å². The van der Waals surface area contributed by atoms with Crippen LogP contribution in [0.4, 0.5) is 4.39 Å². The van der Waals surface area contributed by atoms with Crippen LogP contribution in [0.15, 0.2) is 60.0 Å². The van der Waals surface area contributed by atoms with Crippen LogP contribution in [0.1, 0.15) is 74.6 Å². The molecule has 4 heterocycles. The first-order valence-electron chi connectivity index (χ1n) is 15.1. The van der Waals surface area contributed by atoms with Gasteiger partial charge in [-0.25, -0.2) is 14.2 Å². The molecule has 1 aliphatic heterocycles. The smallest absolute Gasteiger partial charge is 0.340 e. The number of nitrogens with zero attached hydrogens (tertiary/aromatic N) is 2. The van der Waals surface area contributed by atoms with Crippen molar-refractivity contribution in [1.29, 1.82) is 0 Å². The van der Waals surface area contributed by atoms with Crippen LogP contribution < -0.4 is 5.32 Å². The molecule has 9 heteroatoms. The Balaban J connectivity index is 1.32. The zero-order chi connectivity index (χ0) is 30.4. The number of rotatable bonds is 8. The largest absolute Gasteiger partial charge is 0.494 e. The van der Waals surface area contributed by atoms with Crippen molar-refractivity contribution in [2.45, 2.75) is 58.0 Å². The molecule has 1 unspecified atom stereocenters. The normalized spacial score (nSPS) is 15.4. The molecule has 224 valence electrons. The topological polar surface area (TPSA) is 93.4 Å². The van der Waals surface area contributed by atoms with Crippen LogP contribution >= 0.6 is 11.3 Å². The molecule has 2 aromatic carbocycles. The summed E-state index contributed by atoms with van der Waals surface area (Å²) in [7, 11) is 0. The maximum atomic E-state index is 13.7. The van der Waals surface area contributed by atoms with Gasteiger partial charge in [-0.3, -0.25) is 4.79 Å². The second kappa shape index (κ2) is 11.5. The molecule has 0 bridgehead atoms. The molecular formula is C35H32FN3O4S. The fourth-order valence-electron chi connectivity index (χ4n) is 6.65. The van der Waals surface area contributed by atoms with Crippen molar-refractivity contribution in [3.05, 3.63) is 105 Å². The quantitative estimate of drug-likeness (QED) is 0.186. The minimum Gasteiger partial charge on any atom is -0.494 e. The second-order valence-electron chi connectivity index (χ2n) is 11.4. The van der Waals surface area contributed by atoms with Crippen molar-refractivity contribution < 1.29 is 23.8 Å². The van der Waals surface area contributed by atoms with Gasteiger partial charge < -0.3 is 19.7 Å². The maximum absolute atomic E-state index is 13.7. The van der Waals surface area contributed by atoms with E-state index in [0.717, 1.165) is 42.5 Å². The first-order valence-corrected chi connectivity index (χ1v) is 16.0. The fraction of sp³-hybridized carbons (Fsp3) is 0.286. The summed E-state index contributed by atoms with van der Waals surface area (Å²) in [6, 6.07) is 16.2. The van der Waals surface area contributed by atoms with Gasteiger partial charge in [0.25, 0.3) is 5.91 Å². The number of nitrogens with one attached hydrogen (secondary N) is 1. The minimum absolute atomic E-state index is 0.0543. The average Bonchev–Trinajstić information content (AvgIpc) is 3.83. The summed E-state index contributed by atoms with van der Waals surface area (Å²) < 4.78 is 21.0. The third kappa shape index (κ3) is 4.95. The summed E-state index contributed by atoms with van der Waals surface area (Å²) in [6.07, 6.45) is 4.38. The molecule has 0 fully saturated rings. The van der Waals surface area contributed by atoms with E-state index in [0.29, 0.717) is 57.6 Å². The molecule has 5 aromatic rings. The van der Waals surface area contributed by atoms with Crippen molar-refractivity contribution in [1.82, 2.24) is 14.9 Å². The van der Waals surface area contributed by atoms with Gasteiger partial charge in [0, 0.05) is 28.1 Å². The van der Waals surface area contributed by atoms with Crippen molar-refractivity contribution in [3.63, 3.8) is 0 Å². The highest BCUT2D eigenvalue weighted by Crippen LogP contribution is 2.45. The number of halogens is 1. The number of pyridine rings is 1. The number of carbonyl (C=O) groups excluding carboxylic acids is 2. The van der Waals surface area contributed by atoms with Gasteiger partial charge in [0.2, 0.25) is 5.88 Å². The van der Waals surface area contributed by atoms with Gasteiger partial charge in [-0.05, 0) is 80.3 Å². The molecule has 0 saturated heterocycles. The molecule has 1 atom stereocenters. The third-order valence-electron chi connectivity index (χ3n) is 8.74. The average molecular weight is 610 g/mol. The number of hydrogen-bond donors (Lipinski definition) is 2. The Morgan fingerprint density at radius 3 is 2.77 bits per heavy atom. The van der Waals surface area contributed by atoms with Crippen LogP contribution in [-0.2, 0) is 37.0 Å². The fourth-order valence-corrected chi connectivity index (χ4v) is 7.60. The monoisotopic (exact) mass is 609 g/mol. The third-order valence-corrected chi connectivity index (χ3v) is 9.68. The minimum atomic E-state index is -0.529. The van der Waals surface area contributed by atoms with Gasteiger partial charge in [-0.2, -0.15) is 0 Å². The first-order chi connectivity index (χ1) is 21.4. The number of amides is 1. The molecule has 1 aliphatic carbocycles. The highest BCUT2D eigenvalue weighted by molar-refractivity contribution is 7.14. The lowest BCUT2D eigenvalue weighted by atomic mass is 9.96. The molecule has 44 heavy (non-hydrogen) atoms. The van der Waals surface area contributed by atoms with E-state index < -0.39 is 5.97 Å². The number of fused-ring (bicyclic) bond motifs is 4. The lowest BCUT2D eigenvalue weighted by molar-refractivity contribution is 0.0525. The molecule has 0 spiro atoms. The summed E-state index contributed by atoms with van der Waals surface area (Å²) in [4.78, 5) is 32.8. The lowest BCUT2D eigenvalue weighted by Crippen LogP contribution is -2.26. The van der Waals surface area contributed by atoms with E-state index in [1.54, 1.807) is 30.5 Å². The number of carbonyl (C=O) groups is 2. The highest BCUT2D eigenvalue weighted by atomic mass is 32.1. The number of esters is 1. The van der Waals surface area contributed by atoms with Crippen molar-refractivity contribution in [3.8, 4) is 16.3 Å². The Morgan fingerprint density at radius 1 is 1.14 bits per heavy atom. The Kier molecular flexibility index (Phi) is 7.42. The van der Waals surface area contributed by atoms with E-state index in [1.165, 1.54) is 29.0 Å². The molecule has 7 rings (SSSR count). The first kappa shape index (κ1) is 28.3. The van der Waals surface area contributed by atoms with E-state index in [-0.39, 0.29) is 30.3 Å². The number of aryl methyl sites for hydroxylation is 4. The van der Waals surface area contributed by atoms with Crippen molar-refractivity contribution in [2.75, 3.05) is 6.61 Å². The van der Waals surface area contributed by atoms with E-state index in [9.17, 15) is 19.1 Å². The number of benzene rings is 2. The number of hydrogen-bond acceptors (Lipinski definition) is 6. The summed E-state index contributed by atoms with van der Waals surface area (Å²) in [5.41, 5.74) is 6.80. The zero-order valence-corrected chi connectivity index (χ0v) is 25.2. The highest BCUT2D eigenvalue weighted by Gasteiger charge is 2.32. The number of ether oxygens (including phenoxy) is 1.